The Kier molecular flexibility index (Phi) is 5.93. The molecule has 146 valence electrons. The summed E-state index contributed by atoms with van der Waals surface area (Å²) in [4.78, 5) is 35.8. The lowest BCUT2D eigenvalue weighted by Gasteiger charge is -2.07. The number of rotatable bonds is 8. The number of para-hydroxylation sites is 2. The Bertz CT molecular complexity index is 1050. The molecule has 2 N–H and O–H groups in total. The van der Waals surface area contributed by atoms with Crippen LogP contribution in [-0.4, -0.2) is 26.1 Å². The molecule has 2 aromatic carbocycles. The molecule has 3 aromatic rings. The van der Waals surface area contributed by atoms with Crippen molar-refractivity contribution in [1.29, 1.82) is 0 Å². The van der Waals surface area contributed by atoms with E-state index in [1.807, 2.05) is 31.2 Å². The van der Waals surface area contributed by atoms with Gasteiger partial charge in [-0.1, -0.05) is 31.2 Å². The van der Waals surface area contributed by atoms with E-state index in [9.17, 15) is 14.4 Å². The van der Waals surface area contributed by atoms with Crippen molar-refractivity contribution in [2.45, 2.75) is 39.4 Å². The molecule has 0 spiro atoms. The number of aryl methyl sites for hydroxylation is 2. The second kappa shape index (κ2) is 8.56. The van der Waals surface area contributed by atoms with E-state index in [-0.39, 0.29) is 23.6 Å². The normalized spacial score (nSPS) is 10.9. The molecule has 0 radical (unpaired) electrons. The first-order chi connectivity index (χ1) is 13.5. The lowest BCUT2D eigenvalue weighted by atomic mass is 10.1. The van der Waals surface area contributed by atoms with E-state index in [0.29, 0.717) is 19.6 Å². The van der Waals surface area contributed by atoms with Crippen LogP contribution < -0.4 is 11.0 Å². The third kappa shape index (κ3) is 4.14. The van der Waals surface area contributed by atoms with Crippen molar-refractivity contribution in [1.82, 2.24) is 14.5 Å². The van der Waals surface area contributed by atoms with Crippen LogP contribution in [0.3, 0.4) is 0 Å². The van der Waals surface area contributed by atoms with E-state index in [1.54, 1.807) is 21.3 Å². The van der Waals surface area contributed by atoms with Gasteiger partial charge in [-0.3, -0.25) is 13.9 Å². The van der Waals surface area contributed by atoms with Crippen LogP contribution >= 0.6 is 0 Å². The molecule has 1 aromatic heterocycles. The number of hydrogen-bond donors (Lipinski definition) is 2. The van der Waals surface area contributed by atoms with E-state index in [0.717, 1.165) is 23.0 Å². The highest BCUT2D eigenvalue weighted by Gasteiger charge is 2.13. The van der Waals surface area contributed by atoms with Gasteiger partial charge in [0.15, 0.2) is 0 Å². The van der Waals surface area contributed by atoms with Crippen molar-refractivity contribution in [2.75, 3.05) is 0 Å². The summed E-state index contributed by atoms with van der Waals surface area (Å²) in [6, 6.07) is 14.0. The van der Waals surface area contributed by atoms with E-state index in [1.165, 1.54) is 12.1 Å². The zero-order valence-electron chi connectivity index (χ0n) is 15.7. The molecule has 0 aliphatic carbocycles. The number of nitrogens with one attached hydrogen (secondary N) is 1. The first kappa shape index (κ1) is 19.4. The monoisotopic (exact) mass is 381 g/mol. The molecular weight excluding hydrogens is 358 g/mol. The Hall–Kier alpha value is -3.35. The summed E-state index contributed by atoms with van der Waals surface area (Å²) in [6.45, 7) is 3.28. The maximum absolute atomic E-state index is 12.7. The van der Waals surface area contributed by atoms with Gasteiger partial charge in [0.2, 0.25) is 5.91 Å². The van der Waals surface area contributed by atoms with Crippen LogP contribution in [0.5, 0.6) is 0 Å². The fraction of sp³-hybridized carbons (Fsp3) is 0.286. The minimum Gasteiger partial charge on any atom is -0.478 e. The van der Waals surface area contributed by atoms with Gasteiger partial charge in [0.1, 0.15) is 0 Å². The van der Waals surface area contributed by atoms with Crippen LogP contribution in [0.4, 0.5) is 0 Å². The van der Waals surface area contributed by atoms with Crippen LogP contribution in [0.1, 0.15) is 35.7 Å². The standard InChI is InChI=1S/C21H23N3O4/c1-2-12-23-17-5-3-4-6-18(17)24(21(23)28)13-11-19(25)22-14-15-7-9-16(10-8-15)20(26)27/h3-10H,2,11-14H2,1H3,(H,22,25)(H,26,27). The number of benzene rings is 2. The Morgan fingerprint density at radius 3 is 2.14 bits per heavy atom. The number of aromatic nitrogens is 2. The van der Waals surface area contributed by atoms with Crippen molar-refractivity contribution in [3.63, 3.8) is 0 Å². The van der Waals surface area contributed by atoms with Crippen molar-refractivity contribution >= 4 is 22.9 Å². The van der Waals surface area contributed by atoms with E-state index in [4.69, 9.17) is 5.11 Å². The number of amides is 1. The Labute approximate surface area is 162 Å². The SMILES string of the molecule is CCCn1c(=O)n(CCC(=O)NCc2ccc(C(=O)O)cc2)c2ccccc21. The number of carbonyl (C=O) groups excluding carboxylic acids is 1. The molecular formula is C21H23N3O4. The molecule has 0 aliphatic rings. The van der Waals surface area contributed by atoms with Gasteiger partial charge in [0.05, 0.1) is 16.6 Å². The molecule has 1 heterocycles. The molecule has 3 rings (SSSR count). The van der Waals surface area contributed by atoms with Gasteiger partial charge >= 0.3 is 11.7 Å². The predicted molar refractivity (Wildman–Crippen MR) is 106 cm³/mol. The second-order valence-electron chi connectivity index (χ2n) is 6.60. The molecule has 0 aliphatic heterocycles. The molecule has 1 amide bonds. The van der Waals surface area contributed by atoms with Crippen LogP contribution in [0, 0.1) is 0 Å². The van der Waals surface area contributed by atoms with E-state index >= 15 is 0 Å². The molecule has 28 heavy (non-hydrogen) atoms. The molecule has 0 bridgehead atoms. The minimum atomic E-state index is -0.983. The topological polar surface area (TPSA) is 93.3 Å². The zero-order chi connectivity index (χ0) is 20.1. The molecule has 0 saturated carbocycles. The van der Waals surface area contributed by atoms with Crippen LogP contribution in [0.15, 0.2) is 53.3 Å². The summed E-state index contributed by atoms with van der Waals surface area (Å²) in [7, 11) is 0. The van der Waals surface area contributed by atoms with Gasteiger partial charge in [-0.2, -0.15) is 0 Å². The van der Waals surface area contributed by atoms with Crippen molar-refractivity contribution in [3.8, 4) is 0 Å². The summed E-state index contributed by atoms with van der Waals surface area (Å²) in [5.74, 6) is -1.15. The highest BCUT2D eigenvalue weighted by atomic mass is 16.4. The van der Waals surface area contributed by atoms with Crippen molar-refractivity contribution in [3.05, 3.63) is 70.1 Å². The Morgan fingerprint density at radius 1 is 0.964 bits per heavy atom. The maximum Gasteiger partial charge on any atom is 0.335 e. The highest BCUT2D eigenvalue weighted by Crippen LogP contribution is 2.13. The zero-order valence-corrected chi connectivity index (χ0v) is 15.7. The molecule has 7 nitrogen and oxygen atoms in total. The number of nitrogens with zero attached hydrogens (tertiary/aromatic N) is 2. The van der Waals surface area contributed by atoms with Gasteiger partial charge in [0.25, 0.3) is 0 Å². The fourth-order valence-corrected chi connectivity index (χ4v) is 3.20. The number of fused-ring (bicyclic) bond motifs is 1. The lowest BCUT2D eigenvalue weighted by molar-refractivity contribution is -0.121. The van der Waals surface area contributed by atoms with Gasteiger partial charge in [0, 0.05) is 26.1 Å². The molecule has 0 atom stereocenters. The lowest BCUT2D eigenvalue weighted by Crippen LogP contribution is -2.28. The summed E-state index contributed by atoms with van der Waals surface area (Å²) in [5.41, 5.74) is 2.64. The smallest absolute Gasteiger partial charge is 0.335 e. The average Bonchev–Trinajstić information content (AvgIpc) is 2.97. The van der Waals surface area contributed by atoms with Gasteiger partial charge < -0.3 is 10.4 Å². The summed E-state index contributed by atoms with van der Waals surface area (Å²) >= 11 is 0. The van der Waals surface area contributed by atoms with Crippen LogP contribution in [-0.2, 0) is 24.4 Å². The Balaban J connectivity index is 1.64. The minimum absolute atomic E-state index is 0.0971. The quantitative estimate of drug-likeness (QED) is 0.627. The molecule has 0 fully saturated rings. The third-order valence-electron chi connectivity index (χ3n) is 4.63. The highest BCUT2D eigenvalue weighted by molar-refractivity contribution is 5.87. The largest absolute Gasteiger partial charge is 0.478 e. The predicted octanol–water partition coefficient (Wildman–Crippen LogP) is 2.62. The van der Waals surface area contributed by atoms with Gasteiger partial charge in [-0.15, -0.1) is 0 Å². The number of imidazole rings is 1. The van der Waals surface area contributed by atoms with Crippen LogP contribution in [0.25, 0.3) is 11.0 Å². The Morgan fingerprint density at radius 2 is 1.57 bits per heavy atom. The number of hydrogen-bond acceptors (Lipinski definition) is 3. The third-order valence-corrected chi connectivity index (χ3v) is 4.63. The number of carbonyl (C=O) groups is 2. The fourth-order valence-electron chi connectivity index (χ4n) is 3.20. The summed E-state index contributed by atoms with van der Waals surface area (Å²) < 4.78 is 3.39. The van der Waals surface area contributed by atoms with Gasteiger partial charge in [-0.05, 0) is 36.2 Å². The first-order valence-corrected chi connectivity index (χ1v) is 9.28. The number of carboxylic acid groups (broad SMARTS) is 1. The summed E-state index contributed by atoms with van der Waals surface area (Å²) in [5, 5.41) is 11.7. The second-order valence-corrected chi connectivity index (χ2v) is 6.60. The number of aromatic carboxylic acids is 1. The average molecular weight is 381 g/mol. The molecule has 7 heteroatoms. The van der Waals surface area contributed by atoms with Crippen molar-refractivity contribution < 1.29 is 14.7 Å². The number of carboxylic acids is 1. The summed E-state index contributed by atoms with van der Waals surface area (Å²) in [6.07, 6.45) is 1.04. The van der Waals surface area contributed by atoms with Crippen LogP contribution in [0.2, 0.25) is 0 Å². The molecule has 0 unspecified atom stereocenters. The first-order valence-electron chi connectivity index (χ1n) is 9.28. The van der Waals surface area contributed by atoms with Crippen molar-refractivity contribution in [2.24, 2.45) is 0 Å². The van der Waals surface area contributed by atoms with E-state index in [2.05, 4.69) is 5.32 Å². The maximum atomic E-state index is 12.7. The van der Waals surface area contributed by atoms with Gasteiger partial charge in [-0.25, -0.2) is 9.59 Å². The molecule has 0 saturated heterocycles. The van der Waals surface area contributed by atoms with E-state index < -0.39 is 5.97 Å².